The molecule has 6 heteroatoms. The van der Waals surface area contributed by atoms with Crippen molar-refractivity contribution in [1.82, 2.24) is 4.90 Å². The maximum Gasteiger partial charge on any atom is 0.238 e. The molecule has 1 aliphatic rings. The van der Waals surface area contributed by atoms with Gasteiger partial charge in [-0.3, -0.25) is 9.69 Å². The summed E-state index contributed by atoms with van der Waals surface area (Å²) in [6.45, 7) is 2.36. The third-order valence-corrected chi connectivity index (χ3v) is 4.71. The normalized spacial score (nSPS) is 16.3. The fourth-order valence-corrected chi connectivity index (χ4v) is 3.39. The molecule has 3 rings (SSSR count). The van der Waals surface area contributed by atoms with Gasteiger partial charge in [0.1, 0.15) is 6.07 Å². The smallest absolute Gasteiger partial charge is 0.238 e. The molecule has 1 unspecified atom stereocenters. The van der Waals surface area contributed by atoms with E-state index >= 15 is 0 Å². The number of hydrogen-bond donors (Lipinski definition) is 1. The van der Waals surface area contributed by atoms with Crippen molar-refractivity contribution in [2.75, 3.05) is 25.0 Å². The predicted molar refractivity (Wildman–Crippen MR) is 105 cm³/mol. The highest BCUT2D eigenvalue weighted by Gasteiger charge is 2.21. The van der Waals surface area contributed by atoms with E-state index in [0.717, 1.165) is 25.0 Å². The average Bonchev–Trinajstić information content (AvgIpc) is 3.15. The molecule has 0 aliphatic carbocycles. The van der Waals surface area contributed by atoms with E-state index in [-0.39, 0.29) is 18.6 Å². The predicted octanol–water partition coefficient (Wildman–Crippen LogP) is 3.83. The molecule has 2 aromatic rings. The molecule has 5 nitrogen and oxygen atoms in total. The highest BCUT2D eigenvalue weighted by atomic mass is 35.5. The van der Waals surface area contributed by atoms with Gasteiger partial charge in [-0.1, -0.05) is 41.9 Å². The van der Waals surface area contributed by atoms with Gasteiger partial charge < -0.3 is 10.1 Å². The Morgan fingerprint density at radius 1 is 1.30 bits per heavy atom. The Hall–Kier alpha value is -2.39. The van der Waals surface area contributed by atoms with E-state index in [9.17, 15) is 10.1 Å². The highest BCUT2D eigenvalue weighted by molar-refractivity contribution is 6.31. The minimum atomic E-state index is -0.178. The average molecular weight is 384 g/mol. The quantitative estimate of drug-likeness (QED) is 0.789. The second-order valence-corrected chi connectivity index (χ2v) is 7.08. The van der Waals surface area contributed by atoms with Crippen molar-refractivity contribution in [2.45, 2.75) is 25.5 Å². The van der Waals surface area contributed by atoms with E-state index in [1.54, 1.807) is 18.2 Å². The van der Waals surface area contributed by atoms with Gasteiger partial charge in [0.2, 0.25) is 5.91 Å². The van der Waals surface area contributed by atoms with Gasteiger partial charge in [0, 0.05) is 24.7 Å². The molecule has 1 atom stereocenters. The van der Waals surface area contributed by atoms with E-state index in [2.05, 4.69) is 16.3 Å². The van der Waals surface area contributed by atoms with Crippen LogP contribution in [0.3, 0.4) is 0 Å². The number of nitrogens with one attached hydrogen (secondary N) is 1. The number of anilines is 1. The highest BCUT2D eigenvalue weighted by Crippen LogP contribution is 2.21. The summed E-state index contributed by atoms with van der Waals surface area (Å²) >= 11 is 6.00. The second-order valence-electron chi connectivity index (χ2n) is 6.64. The van der Waals surface area contributed by atoms with Crippen molar-refractivity contribution >= 4 is 23.2 Å². The lowest BCUT2D eigenvalue weighted by atomic mass is 10.1. The molecule has 0 bridgehead atoms. The van der Waals surface area contributed by atoms with E-state index < -0.39 is 0 Å². The van der Waals surface area contributed by atoms with Gasteiger partial charge in [0.25, 0.3) is 0 Å². The molecule has 0 spiro atoms. The maximum atomic E-state index is 12.6. The summed E-state index contributed by atoms with van der Waals surface area (Å²) in [6.07, 6.45) is 2.23. The minimum Gasteiger partial charge on any atom is -0.377 e. The van der Waals surface area contributed by atoms with E-state index in [4.69, 9.17) is 16.3 Å². The number of amides is 1. The number of hydrogen-bond acceptors (Lipinski definition) is 4. The van der Waals surface area contributed by atoms with Crippen LogP contribution in [0.1, 0.15) is 24.0 Å². The maximum absolute atomic E-state index is 12.6. The van der Waals surface area contributed by atoms with Crippen LogP contribution in [0.2, 0.25) is 5.02 Å². The van der Waals surface area contributed by atoms with Crippen molar-refractivity contribution in [2.24, 2.45) is 0 Å². The first kappa shape index (κ1) is 19.4. The number of carbonyl (C=O) groups excluding carboxylic acids is 1. The molecular formula is C21H22ClN3O2. The molecular weight excluding hydrogens is 362 g/mol. The molecule has 1 amide bonds. The van der Waals surface area contributed by atoms with Crippen LogP contribution in [0.4, 0.5) is 5.69 Å². The number of nitriles is 1. The zero-order valence-electron chi connectivity index (χ0n) is 15.0. The topological polar surface area (TPSA) is 65.4 Å². The van der Waals surface area contributed by atoms with Crippen molar-refractivity contribution in [3.63, 3.8) is 0 Å². The summed E-state index contributed by atoms with van der Waals surface area (Å²) < 4.78 is 5.74. The van der Waals surface area contributed by atoms with Gasteiger partial charge in [0.15, 0.2) is 0 Å². The molecule has 0 aromatic heterocycles. The van der Waals surface area contributed by atoms with E-state index in [1.165, 1.54) is 0 Å². The van der Waals surface area contributed by atoms with Gasteiger partial charge in [-0.25, -0.2) is 0 Å². The molecule has 1 heterocycles. The Kier molecular flexibility index (Phi) is 6.83. The molecule has 1 N–H and O–H groups in total. The number of ether oxygens (including phenoxy) is 1. The van der Waals surface area contributed by atoms with Crippen molar-refractivity contribution in [3.8, 4) is 6.07 Å². The number of nitrogens with zero attached hydrogens (tertiary/aromatic N) is 2. The van der Waals surface area contributed by atoms with Crippen LogP contribution in [0.5, 0.6) is 0 Å². The number of rotatable bonds is 7. The lowest BCUT2D eigenvalue weighted by Gasteiger charge is -2.25. The van der Waals surface area contributed by atoms with Crippen LogP contribution in [-0.4, -0.2) is 36.6 Å². The Labute approximate surface area is 164 Å². The Morgan fingerprint density at radius 3 is 2.81 bits per heavy atom. The van der Waals surface area contributed by atoms with Crippen molar-refractivity contribution in [3.05, 3.63) is 64.7 Å². The Morgan fingerprint density at radius 2 is 2.11 bits per heavy atom. The van der Waals surface area contributed by atoms with Crippen LogP contribution in [0, 0.1) is 11.3 Å². The van der Waals surface area contributed by atoms with Crippen molar-refractivity contribution < 1.29 is 9.53 Å². The van der Waals surface area contributed by atoms with Gasteiger partial charge in [-0.2, -0.15) is 5.26 Å². The van der Waals surface area contributed by atoms with Gasteiger partial charge >= 0.3 is 0 Å². The first-order chi connectivity index (χ1) is 13.1. The molecule has 1 saturated heterocycles. The summed E-state index contributed by atoms with van der Waals surface area (Å²) in [6, 6.07) is 17.0. The molecule has 140 valence electrons. The molecule has 1 fully saturated rings. The first-order valence-electron chi connectivity index (χ1n) is 9.01. The van der Waals surface area contributed by atoms with Crippen LogP contribution in [0.25, 0.3) is 0 Å². The largest absolute Gasteiger partial charge is 0.377 e. The lowest BCUT2D eigenvalue weighted by molar-refractivity contribution is -0.117. The summed E-state index contributed by atoms with van der Waals surface area (Å²) in [5, 5.41) is 12.5. The molecule has 0 saturated carbocycles. The molecule has 1 aliphatic heterocycles. The lowest BCUT2D eigenvalue weighted by Crippen LogP contribution is -2.38. The van der Waals surface area contributed by atoms with Gasteiger partial charge in [-0.15, -0.1) is 0 Å². The fraction of sp³-hybridized carbons (Fsp3) is 0.333. The second kappa shape index (κ2) is 9.52. The molecule has 2 aromatic carbocycles. The summed E-state index contributed by atoms with van der Waals surface area (Å²) in [5.41, 5.74) is 1.97. The first-order valence-corrected chi connectivity index (χ1v) is 9.39. The Bertz CT molecular complexity index is 814. The van der Waals surface area contributed by atoms with Crippen molar-refractivity contribution in [1.29, 1.82) is 5.26 Å². The fourth-order valence-electron chi connectivity index (χ4n) is 3.21. The van der Waals surface area contributed by atoms with Gasteiger partial charge in [0.05, 0.1) is 23.9 Å². The van der Waals surface area contributed by atoms with Crippen LogP contribution in [0.15, 0.2) is 48.5 Å². The van der Waals surface area contributed by atoms with Crippen LogP contribution >= 0.6 is 11.6 Å². The summed E-state index contributed by atoms with van der Waals surface area (Å²) in [7, 11) is 0. The number of benzene rings is 2. The Balaban J connectivity index is 1.68. The zero-order chi connectivity index (χ0) is 19.1. The SMILES string of the molecule is N#Cc1ccc(Cl)cc1NC(=O)CN(Cc1ccccc1)CC1CCCO1. The van der Waals surface area contributed by atoms with Crippen LogP contribution in [-0.2, 0) is 16.1 Å². The third-order valence-electron chi connectivity index (χ3n) is 4.48. The van der Waals surface area contributed by atoms with E-state index in [1.807, 2.05) is 30.3 Å². The standard InChI is InChI=1S/C21H22ClN3O2/c22-18-9-8-17(12-23)20(11-18)24-21(26)15-25(14-19-7-4-10-27-19)13-16-5-2-1-3-6-16/h1-3,5-6,8-9,11,19H,4,7,10,13-15H2,(H,24,26). The molecule has 0 radical (unpaired) electrons. The monoisotopic (exact) mass is 383 g/mol. The third kappa shape index (κ3) is 5.80. The van der Waals surface area contributed by atoms with E-state index in [0.29, 0.717) is 29.4 Å². The molecule has 27 heavy (non-hydrogen) atoms. The minimum absolute atomic E-state index is 0.155. The van der Waals surface area contributed by atoms with Gasteiger partial charge in [-0.05, 0) is 36.6 Å². The van der Waals surface area contributed by atoms with Crippen LogP contribution < -0.4 is 5.32 Å². The number of halogens is 1. The summed E-state index contributed by atoms with van der Waals surface area (Å²) in [4.78, 5) is 14.7. The number of carbonyl (C=O) groups is 1. The zero-order valence-corrected chi connectivity index (χ0v) is 15.8. The summed E-state index contributed by atoms with van der Waals surface area (Å²) in [5.74, 6) is -0.178.